The maximum absolute atomic E-state index is 12.3. The Morgan fingerprint density at radius 3 is 2.38 bits per heavy atom. The van der Waals surface area contributed by atoms with E-state index in [0.717, 1.165) is 12.5 Å². The number of nitrogens with one attached hydrogen (secondary N) is 1. The molecule has 0 amide bonds. The van der Waals surface area contributed by atoms with E-state index < -0.39 is 13.2 Å². The van der Waals surface area contributed by atoms with Crippen LogP contribution in [-0.4, -0.2) is 31.5 Å². The lowest BCUT2D eigenvalue weighted by Crippen LogP contribution is -2.16. The van der Waals surface area contributed by atoms with E-state index in [0.29, 0.717) is 18.5 Å². The molecule has 8 heteroatoms. The van der Waals surface area contributed by atoms with Crippen molar-refractivity contribution in [2.75, 3.05) is 13.2 Å². The zero-order chi connectivity index (χ0) is 15.7. The van der Waals surface area contributed by atoms with Crippen molar-refractivity contribution in [2.45, 2.75) is 32.6 Å². The van der Waals surface area contributed by atoms with Gasteiger partial charge in [-0.25, -0.2) is 0 Å². The highest BCUT2D eigenvalue weighted by Gasteiger charge is 2.13. The van der Waals surface area contributed by atoms with Gasteiger partial charge in [0.05, 0.1) is 0 Å². The number of halogens is 4. The highest BCUT2D eigenvalue weighted by molar-refractivity contribution is 5.40. The van der Waals surface area contributed by atoms with Gasteiger partial charge in [0.1, 0.15) is 11.5 Å². The van der Waals surface area contributed by atoms with E-state index in [1.54, 1.807) is 0 Å². The second kappa shape index (κ2) is 9.41. The summed E-state index contributed by atoms with van der Waals surface area (Å²) in [6.45, 7) is -5.18. The lowest BCUT2D eigenvalue weighted by atomic mass is 10.2. The summed E-state index contributed by atoms with van der Waals surface area (Å²) in [6.07, 6.45) is 1.36. The fourth-order valence-corrected chi connectivity index (χ4v) is 1.65. The maximum Gasteiger partial charge on any atom is 0.387 e. The Bertz CT molecular complexity index is 418. The van der Waals surface area contributed by atoms with Crippen LogP contribution < -0.4 is 14.8 Å². The van der Waals surface area contributed by atoms with E-state index in [-0.39, 0.29) is 24.7 Å². The van der Waals surface area contributed by atoms with E-state index in [2.05, 4.69) is 14.8 Å². The molecule has 0 aliphatic carbocycles. The molecular formula is C13H17F4NO3. The highest BCUT2D eigenvalue weighted by Crippen LogP contribution is 2.27. The quantitative estimate of drug-likeness (QED) is 0.515. The molecule has 0 saturated carbocycles. The van der Waals surface area contributed by atoms with Gasteiger partial charge in [-0.1, -0.05) is 6.07 Å². The topological polar surface area (TPSA) is 50.7 Å². The summed E-state index contributed by atoms with van der Waals surface area (Å²) >= 11 is 0. The number of ether oxygens (including phenoxy) is 2. The second-order valence-corrected chi connectivity index (χ2v) is 4.13. The molecule has 0 unspecified atom stereocenters. The number of hydrogen-bond acceptors (Lipinski definition) is 4. The molecule has 0 aromatic heterocycles. The SMILES string of the molecule is OCCCCNCc1ccc(OC(F)F)cc1OC(F)F. The molecule has 0 aliphatic heterocycles. The maximum atomic E-state index is 12.3. The Labute approximate surface area is 119 Å². The van der Waals surface area contributed by atoms with Gasteiger partial charge in [-0.15, -0.1) is 0 Å². The molecular weight excluding hydrogens is 294 g/mol. The molecule has 0 spiro atoms. The molecule has 1 aromatic carbocycles. The molecule has 0 bridgehead atoms. The lowest BCUT2D eigenvalue weighted by molar-refractivity contribution is -0.0546. The summed E-state index contributed by atoms with van der Waals surface area (Å²) in [7, 11) is 0. The zero-order valence-electron chi connectivity index (χ0n) is 11.2. The van der Waals surface area contributed by atoms with Crippen LogP contribution in [0.2, 0.25) is 0 Å². The van der Waals surface area contributed by atoms with Crippen LogP contribution in [-0.2, 0) is 6.54 Å². The van der Waals surface area contributed by atoms with Gasteiger partial charge in [-0.2, -0.15) is 17.6 Å². The number of hydrogen-bond donors (Lipinski definition) is 2. The minimum Gasteiger partial charge on any atom is -0.435 e. The van der Waals surface area contributed by atoms with Crippen LogP contribution in [0.25, 0.3) is 0 Å². The Hall–Kier alpha value is -1.54. The molecule has 0 fully saturated rings. The van der Waals surface area contributed by atoms with Crippen LogP contribution >= 0.6 is 0 Å². The standard InChI is InChI=1S/C13H17F4NO3/c14-12(15)20-10-4-3-9(8-18-5-1-2-6-19)11(7-10)21-13(16)17/h3-4,7,12-13,18-19H,1-2,5-6,8H2. The summed E-state index contributed by atoms with van der Waals surface area (Å²) < 4.78 is 57.3. The number of aliphatic hydroxyl groups excluding tert-OH is 1. The Balaban J connectivity index is 2.67. The molecule has 21 heavy (non-hydrogen) atoms. The van der Waals surface area contributed by atoms with E-state index in [1.165, 1.54) is 12.1 Å². The van der Waals surface area contributed by atoms with Crippen molar-refractivity contribution in [3.63, 3.8) is 0 Å². The minimum absolute atomic E-state index is 0.0844. The second-order valence-electron chi connectivity index (χ2n) is 4.13. The van der Waals surface area contributed by atoms with E-state index in [9.17, 15) is 17.6 Å². The van der Waals surface area contributed by atoms with Crippen LogP contribution in [0.4, 0.5) is 17.6 Å². The van der Waals surface area contributed by atoms with Gasteiger partial charge in [0.25, 0.3) is 0 Å². The third-order valence-electron chi connectivity index (χ3n) is 2.56. The van der Waals surface area contributed by atoms with Crippen molar-refractivity contribution in [3.8, 4) is 11.5 Å². The minimum atomic E-state index is -3.06. The summed E-state index contributed by atoms with van der Waals surface area (Å²) in [5.74, 6) is -0.456. The van der Waals surface area contributed by atoms with E-state index >= 15 is 0 Å². The number of benzene rings is 1. The predicted molar refractivity (Wildman–Crippen MR) is 67.7 cm³/mol. The molecule has 1 rings (SSSR count). The van der Waals surface area contributed by atoms with Gasteiger partial charge in [-0.3, -0.25) is 0 Å². The van der Waals surface area contributed by atoms with Crippen molar-refractivity contribution < 1.29 is 32.1 Å². The van der Waals surface area contributed by atoms with E-state index in [4.69, 9.17) is 5.11 Å². The highest BCUT2D eigenvalue weighted by atomic mass is 19.3. The lowest BCUT2D eigenvalue weighted by Gasteiger charge is -2.13. The monoisotopic (exact) mass is 311 g/mol. The molecule has 4 nitrogen and oxygen atoms in total. The normalized spacial score (nSPS) is 11.2. The third-order valence-corrected chi connectivity index (χ3v) is 2.56. The average Bonchev–Trinajstić information content (AvgIpc) is 2.39. The van der Waals surface area contributed by atoms with Crippen molar-refractivity contribution >= 4 is 0 Å². The zero-order valence-corrected chi connectivity index (χ0v) is 11.2. The largest absolute Gasteiger partial charge is 0.435 e. The van der Waals surface area contributed by atoms with Gasteiger partial charge in [0.15, 0.2) is 0 Å². The van der Waals surface area contributed by atoms with Crippen molar-refractivity contribution in [1.82, 2.24) is 5.32 Å². The molecule has 0 heterocycles. The number of unbranched alkanes of at least 4 members (excludes halogenated alkanes) is 1. The third kappa shape index (κ3) is 7.14. The van der Waals surface area contributed by atoms with Crippen molar-refractivity contribution in [1.29, 1.82) is 0 Å². The van der Waals surface area contributed by atoms with E-state index in [1.807, 2.05) is 0 Å². The number of alkyl halides is 4. The first-order chi connectivity index (χ1) is 10.0. The fourth-order valence-electron chi connectivity index (χ4n) is 1.65. The fraction of sp³-hybridized carbons (Fsp3) is 0.538. The molecule has 2 N–H and O–H groups in total. The Kier molecular flexibility index (Phi) is 7.84. The van der Waals surface area contributed by atoms with Crippen LogP contribution in [0, 0.1) is 0 Å². The molecule has 0 aliphatic rings. The number of aliphatic hydroxyl groups is 1. The molecule has 0 saturated heterocycles. The van der Waals surface area contributed by atoms with Crippen LogP contribution in [0.1, 0.15) is 18.4 Å². The van der Waals surface area contributed by atoms with Gasteiger partial charge in [0, 0.05) is 24.8 Å². The van der Waals surface area contributed by atoms with Crippen molar-refractivity contribution in [3.05, 3.63) is 23.8 Å². The molecule has 120 valence electrons. The molecule has 1 aromatic rings. The summed E-state index contributed by atoms with van der Waals surface area (Å²) in [5, 5.41) is 11.6. The van der Waals surface area contributed by atoms with Crippen molar-refractivity contribution in [2.24, 2.45) is 0 Å². The summed E-state index contributed by atoms with van der Waals surface area (Å²) in [6, 6.07) is 3.65. The van der Waals surface area contributed by atoms with Gasteiger partial charge >= 0.3 is 13.2 Å². The van der Waals surface area contributed by atoms with Crippen LogP contribution in [0.15, 0.2) is 18.2 Å². The summed E-state index contributed by atoms with van der Waals surface area (Å²) in [4.78, 5) is 0. The molecule has 0 atom stereocenters. The smallest absolute Gasteiger partial charge is 0.387 e. The first kappa shape index (κ1) is 17.5. The van der Waals surface area contributed by atoms with Crippen LogP contribution in [0.3, 0.4) is 0 Å². The Morgan fingerprint density at radius 1 is 1.05 bits per heavy atom. The average molecular weight is 311 g/mol. The van der Waals surface area contributed by atoms with Gasteiger partial charge in [0.2, 0.25) is 0 Å². The van der Waals surface area contributed by atoms with Gasteiger partial charge in [-0.05, 0) is 25.5 Å². The molecule has 0 radical (unpaired) electrons. The number of rotatable bonds is 10. The van der Waals surface area contributed by atoms with Gasteiger partial charge < -0.3 is 19.9 Å². The predicted octanol–water partition coefficient (Wildman–Crippen LogP) is 2.75. The first-order valence-electron chi connectivity index (χ1n) is 6.37. The Morgan fingerprint density at radius 2 is 1.76 bits per heavy atom. The van der Waals surface area contributed by atoms with Crippen LogP contribution in [0.5, 0.6) is 11.5 Å². The first-order valence-corrected chi connectivity index (χ1v) is 6.37. The summed E-state index contributed by atoms with van der Waals surface area (Å²) in [5.41, 5.74) is 0.404.